The molecule has 0 atom stereocenters. The molecule has 122 valence electrons. The van der Waals surface area contributed by atoms with Crippen LogP contribution in [0.25, 0.3) is 10.6 Å². The van der Waals surface area contributed by atoms with Crippen molar-refractivity contribution in [3.63, 3.8) is 0 Å². The molecule has 0 unspecified atom stereocenters. The molecule has 23 heavy (non-hydrogen) atoms. The molecule has 1 aliphatic rings. The average Bonchev–Trinajstić information content (AvgIpc) is 3.09. The Morgan fingerprint density at radius 1 is 1.26 bits per heavy atom. The molecule has 1 amide bonds. The van der Waals surface area contributed by atoms with Crippen molar-refractivity contribution in [1.82, 2.24) is 15.6 Å². The lowest BCUT2D eigenvalue weighted by molar-refractivity contribution is -0.121. The quantitative estimate of drug-likeness (QED) is 0.856. The molecule has 1 saturated heterocycles. The van der Waals surface area contributed by atoms with Gasteiger partial charge in [0.25, 0.3) is 0 Å². The van der Waals surface area contributed by atoms with Crippen LogP contribution in [0.5, 0.6) is 0 Å². The standard InChI is InChI=1S/C18H23N3OS/c22-17(7-6-14-8-10-19-11-9-14)20-12-16-13-23-18(21-16)15-4-2-1-3-5-15/h1-5,13-14,19H,6-12H2,(H,20,22). The molecular formula is C18H23N3OS. The minimum absolute atomic E-state index is 0.137. The van der Waals surface area contributed by atoms with Crippen molar-refractivity contribution in [2.24, 2.45) is 5.92 Å². The maximum Gasteiger partial charge on any atom is 0.220 e. The van der Waals surface area contributed by atoms with E-state index in [1.165, 1.54) is 12.8 Å². The Labute approximate surface area is 141 Å². The number of amides is 1. The Kier molecular flexibility index (Phi) is 5.77. The van der Waals surface area contributed by atoms with E-state index in [9.17, 15) is 4.79 Å². The highest BCUT2D eigenvalue weighted by molar-refractivity contribution is 7.13. The number of carbonyl (C=O) groups is 1. The van der Waals surface area contributed by atoms with Gasteiger partial charge in [-0.2, -0.15) is 0 Å². The second-order valence-corrected chi connectivity index (χ2v) is 6.88. The van der Waals surface area contributed by atoms with Crippen LogP contribution < -0.4 is 10.6 Å². The van der Waals surface area contributed by atoms with E-state index in [4.69, 9.17) is 0 Å². The van der Waals surface area contributed by atoms with Gasteiger partial charge in [0.2, 0.25) is 5.91 Å². The third-order valence-corrected chi connectivity index (χ3v) is 5.22. The van der Waals surface area contributed by atoms with E-state index in [2.05, 4.69) is 27.8 Å². The van der Waals surface area contributed by atoms with Crippen molar-refractivity contribution in [1.29, 1.82) is 0 Å². The molecule has 0 spiro atoms. The van der Waals surface area contributed by atoms with Crippen molar-refractivity contribution in [3.8, 4) is 10.6 Å². The molecule has 2 aromatic rings. The van der Waals surface area contributed by atoms with E-state index in [0.29, 0.717) is 18.9 Å². The van der Waals surface area contributed by atoms with E-state index in [1.54, 1.807) is 11.3 Å². The number of hydrogen-bond acceptors (Lipinski definition) is 4. The molecule has 3 rings (SSSR count). The number of rotatable bonds is 6. The van der Waals surface area contributed by atoms with Crippen molar-refractivity contribution < 1.29 is 4.79 Å². The summed E-state index contributed by atoms with van der Waals surface area (Å²) in [7, 11) is 0. The number of hydrogen-bond donors (Lipinski definition) is 2. The SMILES string of the molecule is O=C(CCC1CCNCC1)NCc1csc(-c2ccccc2)n1. The van der Waals surface area contributed by atoms with E-state index in [0.717, 1.165) is 35.8 Å². The van der Waals surface area contributed by atoms with Gasteiger partial charge in [-0.15, -0.1) is 11.3 Å². The number of nitrogens with one attached hydrogen (secondary N) is 2. The lowest BCUT2D eigenvalue weighted by Gasteiger charge is -2.22. The van der Waals surface area contributed by atoms with E-state index in [-0.39, 0.29) is 5.91 Å². The number of carbonyl (C=O) groups excluding carboxylic acids is 1. The molecule has 1 aliphatic heterocycles. The predicted molar refractivity (Wildman–Crippen MR) is 94.2 cm³/mol. The van der Waals surface area contributed by atoms with Gasteiger partial charge in [-0.25, -0.2) is 4.98 Å². The zero-order valence-corrected chi connectivity index (χ0v) is 14.1. The molecule has 1 aromatic heterocycles. The van der Waals surface area contributed by atoms with Gasteiger partial charge in [0, 0.05) is 17.4 Å². The number of benzene rings is 1. The summed E-state index contributed by atoms with van der Waals surface area (Å²) in [4.78, 5) is 16.6. The van der Waals surface area contributed by atoms with Crippen LogP contribution in [0.2, 0.25) is 0 Å². The number of nitrogens with zero attached hydrogens (tertiary/aromatic N) is 1. The van der Waals surface area contributed by atoms with Crippen molar-refractivity contribution in [2.75, 3.05) is 13.1 Å². The fourth-order valence-corrected chi connectivity index (χ4v) is 3.71. The van der Waals surface area contributed by atoms with Crippen molar-refractivity contribution >= 4 is 17.2 Å². The Morgan fingerprint density at radius 3 is 2.83 bits per heavy atom. The molecule has 2 N–H and O–H groups in total. The van der Waals surface area contributed by atoms with Gasteiger partial charge in [0.1, 0.15) is 5.01 Å². The summed E-state index contributed by atoms with van der Waals surface area (Å²) < 4.78 is 0. The van der Waals surface area contributed by atoms with Gasteiger partial charge >= 0.3 is 0 Å². The van der Waals surface area contributed by atoms with Gasteiger partial charge in [-0.05, 0) is 38.3 Å². The Hall–Kier alpha value is -1.72. The first kappa shape index (κ1) is 16.1. The van der Waals surface area contributed by atoms with Crippen LogP contribution in [-0.4, -0.2) is 24.0 Å². The minimum atomic E-state index is 0.137. The lowest BCUT2D eigenvalue weighted by Crippen LogP contribution is -2.29. The molecule has 0 saturated carbocycles. The number of piperidine rings is 1. The maximum atomic E-state index is 12.0. The molecule has 1 fully saturated rings. The molecule has 0 radical (unpaired) electrons. The van der Waals surface area contributed by atoms with E-state index < -0.39 is 0 Å². The zero-order chi connectivity index (χ0) is 15.9. The van der Waals surface area contributed by atoms with Crippen LogP contribution in [0.4, 0.5) is 0 Å². The lowest BCUT2D eigenvalue weighted by atomic mass is 9.93. The molecule has 0 aliphatic carbocycles. The summed E-state index contributed by atoms with van der Waals surface area (Å²) in [5.41, 5.74) is 2.06. The summed E-state index contributed by atoms with van der Waals surface area (Å²) in [5, 5.41) is 9.38. The first-order valence-corrected chi connectivity index (χ1v) is 9.16. The first-order chi connectivity index (χ1) is 11.3. The highest BCUT2D eigenvalue weighted by atomic mass is 32.1. The smallest absolute Gasteiger partial charge is 0.220 e. The highest BCUT2D eigenvalue weighted by Gasteiger charge is 2.14. The summed E-state index contributed by atoms with van der Waals surface area (Å²) in [6.45, 7) is 2.70. The molecule has 2 heterocycles. The Morgan fingerprint density at radius 2 is 2.04 bits per heavy atom. The van der Waals surface area contributed by atoms with Gasteiger partial charge in [-0.1, -0.05) is 30.3 Å². The van der Waals surface area contributed by atoms with Gasteiger partial charge in [-0.3, -0.25) is 4.79 Å². The highest BCUT2D eigenvalue weighted by Crippen LogP contribution is 2.23. The molecular weight excluding hydrogens is 306 g/mol. The van der Waals surface area contributed by atoms with Crippen molar-refractivity contribution in [2.45, 2.75) is 32.2 Å². The monoisotopic (exact) mass is 329 g/mol. The summed E-state index contributed by atoms with van der Waals surface area (Å²) in [6.07, 6.45) is 4.01. The van der Waals surface area contributed by atoms with Crippen LogP contribution in [0, 0.1) is 5.92 Å². The third kappa shape index (κ3) is 4.88. The normalized spacial score (nSPS) is 15.5. The maximum absolute atomic E-state index is 12.0. The van der Waals surface area contributed by atoms with E-state index >= 15 is 0 Å². The largest absolute Gasteiger partial charge is 0.350 e. The van der Waals surface area contributed by atoms with Crippen LogP contribution in [-0.2, 0) is 11.3 Å². The number of thiazole rings is 1. The molecule has 0 bridgehead atoms. The zero-order valence-electron chi connectivity index (χ0n) is 13.3. The Balaban J connectivity index is 1.43. The second-order valence-electron chi connectivity index (χ2n) is 6.02. The number of aromatic nitrogens is 1. The molecule has 4 nitrogen and oxygen atoms in total. The van der Waals surface area contributed by atoms with Crippen LogP contribution >= 0.6 is 11.3 Å². The molecule has 5 heteroatoms. The van der Waals surface area contributed by atoms with Gasteiger partial charge < -0.3 is 10.6 Å². The summed E-state index contributed by atoms with van der Waals surface area (Å²) >= 11 is 1.62. The Bertz CT molecular complexity index is 620. The van der Waals surface area contributed by atoms with Gasteiger partial charge in [0.05, 0.1) is 12.2 Å². The minimum Gasteiger partial charge on any atom is -0.350 e. The topological polar surface area (TPSA) is 54.0 Å². The fourth-order valence-electron chi connectivity index (χ4n) is 2.88. The summed E-state index contributed by atoms with van der Waals surface area (Å²) in [5.74, 6) is 0.837. The first-order valence-electron chi connectivity index (χ1n) is 8.28. The average molecular weight is 329 g/mol. The van der Waals surface area contributed by atoms with Gasteiger partial charge in [0.15, 0.2) is 0 Å². The molecule has 1 aromatic carbocycles. The van der Waals surface area contributed by atoms with Crippen LogP contribution in [0.1, 0.15) is 31.4 Å². The van der Waals surface area contributed by atoms with Crippen LogP contribution in [0.3, 0.4) is 0 Å². The second kappa shape index (κ2) is 8.22. The van der Waals surface area contributed by atoms with Crippen molar-refractivity contribution in [3.05, 3.63) is 41.4 Å². The third-order valence-electron chi connectivity index (χ3n) is 4.28. The summed E-state index contributed by atoms with van der Waals surface area (Å²) in [6, 6.07) is 10.1. The predicted octanol–water partition coefficient (Wildman–Crippen LogP) is 3.21. The van der Waals surface area contributed by atoms with Crippen LogP contribution in [0.15, 0.2) is 35.7 Å². The fraction of sp³-hybridized carbons (Fsp3) is 0.444. The van der Waals surface area contributed by atoms with E-state index in [1.807, 2.05) is 23.6 Å².